The van der Waals surface area contributed by atoms with Crippen molar-refractivity contribution in [2.24, 2.45) is 0 Å². The van der Waals surface area contributed by atoms with Crippen LogP contribution in [0.2, 0.25) is 0 Å². The fraction of sp³-hybridized carbons (Fsp3) is 0.100. The summed E-state index contributed by atoms with van der Waals surface area (Å²) in [5, 5.41) is 7.72. The molecule has 0 aliphatic heterocycles. The Morgan fingerprint density at radius 3 is 2.14 bits per heavy atom. The molecule has 0 bridgehead atoms. The molecule has 0 radical (unpaired) electrons. The number of para-hydroxylation sites is 1. The summed E-state index contributed by atoms with van der Waals surface area (Å²) in [6, 6.07) is 31.7. The van der Waals surface area contributed by atoms with Gasteiger partial charge < -0.3 is 10.1 Å². The molecule has 0 unspecified atom stereocenters. The number of amides is 1. The van der Waals surface area contributed by atoms with Gasteiger partial charge >= 0.3 is 0 Å². The maximum atomic E-state index is 13.2. The largest absolute Gasteiger partial charge is 0.372 e. The summed E-state index contributed by atoms with van der Waals surface area (Å²) in [6.07, 6.45) is 5.18. The highest BCUT2D eigenvalue weighted by Gasteiger charge is 2.18. The first-order valence-corrected chi connectivity index (χ1v) is 11.8. The van der Waals surface area contributed by atoms with Crippen molar-refractivity contribution in [3.8, 4) is 16.9 Å². The van der Waals surface area contributed by atoms with Crippen LogP contribution in [0.3, 0.4) is 0 Å². The Balaban J connectivity index is 1.24. The van der Waals surface area contributed by atoms with E-state index in [0.717, 1.165) is 27.9 Å². The van der Waals surface area contributed by atoms with Gasteiger partial charge in [-0.3, -0.25) is 9.78 Å². The Labute approximate surface area is 210 Å². The summed E-state index contributed by atoms with van der Waals surface area (Å²) in [6.45, 7) is 1.52. The lowest BCUT2D eigenvalue weighted by molar-refractivity contribution is 0.0951. The molecule has 0 saturated carbocycles. The third-order valence-electron chi connectivity index (χ3n) is 5.77. The van der Waals surface area contributed by atoms with Gasteiger partial charge in [0.25, 0.3) is 5.91 Å². The smallest absolute Gasteiger partial charge is 0.255 e. The Morgan fingerprint density at radius 2 is 1.44 bits per heavy atom. The van der Waals surface area contributed by atoms with Gasteiger partial charge in [-0.2, -0.15) is 5.10 Å². The molecule has 0 aliphatic carbocycles. The van der Waals surface area contributed by atoms with E-state index in [9.17, 15) is 4.79 Å². The lowest BCUT2D eigenvalue weighted by Gasteiger charge is -2.08. The average Bonchev–Trinajstić information content (AvgIpc) is 3.40. The molecule has 5 aromatic rings. The molecule has 2 aromatic heterocycles. The van der Waals surface area contributed by atoms with Crippen molar-refractivity contribution in [1.82, 2.24) is 20.1 Å². The number of rotatable bonds is 9. The molecule has 6 nitrogen and oxygen atoms in total. The van der Waals surface area contributed by atoms with Crippen LogP contribution >= 0.6 is 0 Å². The number of carbonyl (C=O) groups is 1. The molecule has 36 heavy (non-hydrogen) atoms. The molecule has 0 atom stereocenters. The molecule has 1 N–H and O–H groups in total. The highest BCUT2D eigenvalue weighted by Crippen LogP contribution is 2.23. The summed E-state index contributed by atoms with van der Waals surface area (Å²) in [5.74, 6) is -0.189. The first kappa shape index (κ1) is 23.2. The van der Waals surface area contributed by atoms with Crippen molar-refractivity contribution in [2.75, 3.05) is 0 Å². The number of hydrogen-bond acceptors (Lipinski definition) is 4. The van der Waals surface area contributed by atoms with E-state index in [2.05, 4.69) is 22.4 Å². The van der Waals surface area contributed by atoms with E-state index in [1.165, 1.54) is 0 Å². The Hall–Kier alpha value is -4.55. The summed E-state index contributed by atoms with van der Waals surface area (Å²) in [7, 11) is 0. The number of ether oxygens (including phenoxy) is 1. The maximum absolute atomic E-state index is 13.2. The molecular formula is C30H26N4O2. The van der Waals surface area contributed by atoms with Crippen molar-refractivity contribution in [3.63, 3.8) is 0 Å². The predicted octanol–water partition coefficient (Wildman–Crippen LogP) is 5.58. The van der Waals surface area contributed by atoms with E-state index in [1.807, 2.05) is 84.9 Å². The molecule has 0 spiro atoms. The van der Waals surface area contributed by atoms with Crippen LogP contribution in [0.4, 0.5) is 0 Å². The van der Waals surface area contributed by atoms with Gasteiger partial charge in [-0.05, 0) is 41.0 Å². The predicted molar refractivity (Wildman–Crippen MR) is 139 cm³/mol. The molecule has 0 saturated heterocycles. The van der Waals surface area contributed by atoms with Gasteiger partial charge in [0.05, 0.1) is 24.5 Å². The van der Waals surface area contributed by atoms with Gasteiger partial charge in [-0.15, -0.1) is 0 Å². The van der Waals surface area contributed by atoms with Crippen LogP contribution in [0, 0.1) is 0 Å². The quantitative estimate of drug-likeness (QED) is 0.303. The first-order valence-electron chi connectivity index (χ1n) is 11.8. The van der Waals surface area contributed by atoms with E-state index < -0.39 is 0 Å². The molecule has 2 heterocycles. The zero-order valence-corrected chi connectivity index (χ0v) is 19.7. The second-order valence-corrected chi connectivity index (χ2v) is 8.39. The van der Waals surface area contributed by atoms with Gasteiger partial charge in [-0.1, -0.05) is 72.8 Å². The van der Waals surface area contributed by atoms with Gasteiger partial charge in [0.2, 0.25) is 0 Å². The number of benzene rings is 3. The van der Waals surface area contributed by atoms with Crippen LogP contribution in [0.5, 0.6) is 0 Å². The molecule has 6 heteroatoms. The second kappa shape index (κ2) is 11.3. The lowest BCUT2D eigenvalue weighted by atomic mass is 10.1. The molecule has 5 rings (SSSR count). The highest BCUT2D eigenvalue weighted by molar-refractivity contribution is 5.99. The SMILES string of the molecule is O=C(NCc1ccc(COCc2ccccc2)cc1)c1cn(-c2ccccc2)nc1-c1cccnc1. The van der Waals surface area contributed by atoms with Gasteiger partial charge in [0.15, 0.2) is 0 Å². The zero-order valence-electron chi connectivity index (χ0n) is 19.7. The highest BCUT2D eigenvalue weighted by atomic mass is 16.5. The van der Waals surface area contributed by atoms with Crippen LogP contribution < -0.4 is 5.32 Å². The van der Waals surface area contributed by atoms with E-state index in [-0.39, 0.29) is 5.91 Å². The zero-order chi connectivity index (χ0) is 24.6. The fourth-order valence-electron chi connectivity index (χ4n) is 3.86. The van der Waals surface area contributed by atoms with Crippen molar-refractivity contribution >= 4 is 5.91 Å². The molecule has 3 aromatic carbocycles. The third-order valence-corrected chi connectivity index (χ3v) is 5.77. The van der Waals surface area contributed by atoms with E-state index in [0.29, 0.717) is 31.0 Å². The van der Waals surface area contributed by atoms with Gasteiger partial charge in [0.1, 0.15) is 5.69 Å². The lowest BCUT2D eigenvalue weighted by Crippen LogP contribution is -2.23. The number of aromatic nitrogens is 3. The standard InChI is InChI=1S/C30H26N4O2/c35-30(32-18-23-13-15-25(16-14-23)22-36-21-24-8-3-1-4-9-24)28-20-34(27-11-5-2-6-12-27)33-29(28)26-10-7-17-31-19-26/h1-17,19-20H,18,21-22H2,(H,32,35). The second-order valence-electron chi connectivity index (χ2n) is 8.39. The van der Waals surface area contributed by atoms with Crippen LogP contribution in [0.25, 0.3) is 16.9 Å². The van der Waals surface area contributed by atoms with Crippen LogP contribution in [-0.4, -0.2) is 20.7 Å². The monoisotopic (exact) mass is 474 g/mol. The topological polar surface area (TPSA) is 69.0 Å². The summed E-state index contributed by atoms with van der Waals surface area (Å²) in [4.78, 5) is 17.4. The summed E-state index contributed by atoms with van der Waals surface area (Å²) in [5.41, 5.74) is 6.01. The minimum atomic E-state index is -0.189. The van der Waals surface area contributed by atoms with Crippen molar-refractivity contribution in [1.29, 1.82) is 0 Å². The number of hydrogen-bond donors (Lipinski definition) is 1. The van der Waals surface area contributed by atoms with Crippen molar-refractivity contribution < 1.29 is 9.53 Å². The Morgan fingerprint density at radius 1 is 0.778 bits per heavy atom. The fourth-order valence-corrected chi connectivity index (χ4v) is 3.86. The first-order chi connectivity index (χ1) is 17.8. The van der Waals surface area contributed by atoms with Crippen molar-refractivity contribution in [2.45, 2.75) is 19.8 Å². The normalized spacial score (nSPS) is 10.8. The van der Waals surface area contributed by atoms with Gasteiger partial charge in [-0.25, -0.2) is 4.68 Å². The molecule has 0 fully saturated rings. The van der Waals surface area contributed by atoms with Crippen LogP contribution in [-0.2, 0) is 24.5 Å². The van der Waals surface area contributed by atoms with Crippen LogP contribution in [0.1, 0.15) is 27.0 Å². The van der Waals surface area contributed by atoms with Crippen LogP contribution in [0.15, 0.2) is 116 Å². The molecule has 178 valence electrons. The van der Waals surface area contributed by atoms with E-state index >= 15 is 0 Å². The van der Waals surface area contributed by atoms with Gasteiger partial charge in [0, 0.05) is 30.7 Å². The molecular weight excluding hydrogens is 448 g/mol. The average molecular weight is 475 g/mol. The summed E-state index contributed by atoms with van der Waals surface area (Å²) < 4.78 is 7.54. The Bertz CT molecular complexity index is 1400. The van der Waals surface area contributed by atoms with Crippen molar-refractivity contribution in [3.05, 3.63) is 138 Å². The van der Waals surface area contributed by atoms with E-state index in [1.54, 1.807) is 23.3 Å². The summed E-state index contributed by atoms with van der Waals surface area (Å²) >= 11 is 0. The number of carbonyl (C=O) groups excluding carboxylic acids is 1. The minimum Gasteiger partial charge on any atom is -0.372 e. The third kappa shape index (κ3) is 5.74. The Kier molecular flexibility index (Phi) is 7.25. The number of pyridine rings is 1. The number of nitrogens with zero attached hydrogens (tertiary/aromatic N) is 3. The van der Waals surface area contributed by atoms with E-state index in [4.69, 9.17) is 9.84 Å². The maximum Gasteiger partial charge on any atom is 0.255 e. The number of nitrogens with one attached hydrogen (secondary N) is 1. The minimum absolute atomic E-state index is 0.189. The molecule has 1 amide bonds. The molecule has 0 aliphatic rings.